The van der Waals surface area contributed by atoms with Crippen molar-refractivity contribution in [3.63, 3.8) is 0 Å². The SMILES string of the molecule is CCc1ccc(O)c(Oc2ccccc2)c1S. The Labute approximate surface area is 106 Å². The van der Waals surface area contributed by atoms with Crippen LogP contribution >= 0.6 is 12.6 Å². The van der Waals surface area contributed by atoms with Gasteiger partial charge in [0.05, 0.1) is 4.90 Å². The summed E-state index contributed by atoms with van der Waals surface area (Å²) in [6, 6.07) is 12.8. The molecule has 1 N–H and O–H groups in total. The lowest BCUT2D eigenvalue weighted by Crippen LogP contribution is -1.90. The van der Waals surface area contributed by atoms with Crippen LogP contribution in [0.5, 0.6) is 17.2 Å². The van der Waals surface area contributed by atoms with Crippen molar-refractivity contribution >= 4 is 12.6 Å². The van der Waals surface area contributed by atoms with E-state index in [-0.39, 0.29) is 5.75 Å². The zero-order chi connectivity index (χ0) is 12.3. The van der Waals surface area contributed by atoms with Crippen LogP contribution in [-0.4, -0.2) is 5.11 Å². The Morgan fingerprint density at radius 3 is 2.47 bits per heavy atom. The molecule has 0 fully saturated rings. The van der Waals surface area contributed by atoms with E-state index in [0.717, 1.165) is 12.0 Å². The second-order valence-electron chi connectivity index (χ2n) is 3.69. The molecule has 0 spiro atoms. The molecular weight excluding hydrogens is 232 g/mol. The molecule has 3 heteroatoms. The lowest BCUT2D eigenvalue weighted by atomic mass is 10.1. The third kappa shape index (κ3) is 2.56. The summed E-state index contributed by atoms with van der Waals surface area (Å²) >= 11 is 4.41. The van der Waals surface area contributed by atoms with E-state index in [1.54, 1.807) is 6.07 Å². The van der Waals surface area contributed by atoms with Gasteiger partial charge in [0.1, 0.15) is 5.75 Å². The maximum absolute atomic E-state index is 9.80. The number of aromatic hydroxyl groups is 1. The summed E-state index contributed by atoms with van der Waals surface area (Å²) in [7, 11) is 0. The molecule has 0 unspecified atom stereocenters. The number of benzene rings is 2. The Hall–Kier alpha value is -1.61. The van der Waals surface area contributed by atoms with Gasteiger partial charge in [-0.1, -0.05) is 31.2 Å². The van der Waals surface area contributed by atoms with E-state index in [0.29, 0.717) is 16.4 Å². The third-order valence-corrected chi connectivity index (χ3v) is 3.03. The second kappa shape index (κ2) is 5.15. The molecule has 0 heterocycles. The van der Waals surface area contributed by atoms with Crippen molar-refractivity contribution in [3.05, 3.63) is 48.0 Å². The maximum Gasteiger partial charge on any atom is 0.182 e. The Morgan fingerprint density at radius 2 is 1.82 bits per heavy atom. The zero-order valence-corrected chi connectivity index (χ0v) is 10.4. The van der Waals surface area contributed by atoms with Crippen LogP contribution in [0.2, 0.25) is 0 Å². The number of para-hydroxylation sites is 1. The average molecular weight is 246 g/mol. The molecule has 2 aromatic carbocycles. The van der Waals surface area contributed by atoms with Crippen molar-refractivity contribution in [2.75, 3.05) is 0 Å². The van der Waals surface area contributed by atoms with Crippen LogP contribution in [0, 0.1) is 0 Å². The summed E-state index contributed by atoms with van der Waals surface area (Å²) in [6.07, 6.45) is 0.851. The number of aryl methyl sites for hydroxylation is 1. The fourth-order valence-corrected chi connectivity index (χ4v) is 1.99. The van der Waals surface area contributed by atoms with Crippen LogP contribution in [0.1, 0.15) is 12.5 Å². The first-order valence-electron chi connectivity index (χ1n) is 5.49. The second-order valence-corrected chi connectivity index (χ2v) is 4.14. The van der Waals surface area contributed by atoms with Crippen LogP contribution < -0.4 is 4.74 Å². The Bertz CT molecular complexity index is 509. The van der Waals surface area contributed by atoms with Crippen LogP contribution in [0.3, 0.4) is 0 Å². The summed E-state index contributed by atoms with van der Waals surface area (Å²) in [6.45, 7) is 2.04. The highest BCUT2D eigenvalue weighted by atomic mass is 32.1. The molecule has 2 aromatic rings. The highest BCUT2D eigenvalue weighted by Gasteiger charge is 2.11. The van der Waals surface area contributed by atoms with Crippen LogP contribution in [0.4, 0.5) is 0 Å². The normalized spacial score (nSPS) is 10.2. The van der Waals surface area contributed by atoms with Gasteiger partial charge < -0.3 is 9.84 Å². The van der Waals surface area contributed by atoms with Crippen LogP contribution in [0.15, 0.2) is 47.4 Å². The monoisotopic (exact) mass is 246 g/mol. The molecule has 0 atom stereocenters. The lowest BCUT2D eigenvalue weighted by molar-refractivity contribution is 0.402. The molecule has 0 aliphatic heterocycles. The van der Waals surface area contributed by atoms with E-state index in [2.05, 4.69) is 12.6 Å². The van der Waals surface area contributed by atoms with Gasteiger partial charge in [-0.15, -0.1) is 12.6 Å². The highest BCUT2D eigenvalue weighted by molar-refractivity contribution is 7.80. The molecule has 0 amide bonds. The number of rotatable bonds is 3. The van der Waals surface area contributed by atoms with E-state index in [9.17, 15) is 5.11 Å². The number of hydrogen-bond acceptors (Lipinski definition) is 3. The van der Waals surface area contributed by atoms with E-state index in [1.807, 2.05) is 43.3 Å². The molecule has 88 valence electrons. The van der Waals surface area contributed by atoms with E-state index < -0.39 is 0 Å². The van der Waals surface area contributed by atoms with Crippen molar-refractivity contribution in [1.29, 1.82) is 0 Å². The van der Waals surface area contributed by atoms with Crippen LogP contribution in [0.25, 0.3) is 0 Å². The summed E-state index contributed by atoms with van der Waals surface area (Å²) in [5, 5.41) is 9.80. The molecule has 2 nitrogen and oxygen atoms in total. The van der Waals surface area contributed by atoms with E-state index in [4.69, 9.17) is 4.74 Å². The number of phenolic OH excluding ortho intramolecular Hbond substituents is 1. The summed E-state index contributed by atoms with van der Waals surface area (Å²) < 4.78 is 5.66. The zero-order valence-electron chi connectivity index (χ0n) is 9.55. The topological polar surface area (TPSA) is 29.5 Å². The van der Waals surface area contributed by atoms with Crippen molar-refractivity contribution in [3.8, 4) is 17.2 Å². The average Bonchev–Trinajstić information content (AvgIpc) is 2.36. The number of ether oxygens (including phenoxy) is 1. The summed E-state index contributed by atoms with van der Waals surface area (Å²) in [5.41, 5.74) is 1.05. The first-order valence-corrected chi connectivity index (χ1v) is 5.93. The van der Waals surface area contributed by atoms with Crippen molar-refractivity contribution in [1.82, 2.24) is 0 Å². The fraction of sp³-hybridized carbons (Fsp3) is 0.143. The van der Waals surface area contributed by atoms with Gasteiger partial charge in [-0.25, -0.2) is 0 Å². The molecule has 0 aliphatic rings. The maximum atomic E-state index is 9.80. The summed E-state index contributed by atoms with van der Waals surface area (Å²) in [4.78, 5) is 0.691. The predicted octanol–water partition coefficient (Wildman–Crippen LogP) is 4.04. The minimum absolute atomic E-state index is 0.107. The molecule has 0 aromatic heterocycles. The van der Waals surface area contributed by atoms with Gasteiger partial charge >= 0.3 is 0 Å². The minimum atomic E-state index is 0.107. The minimum Gasteiger partial charge on any atom is -0.504 e. The molecule has 0 radical (unpaired) electrons. The Kier molecular flexibility index (Phi) is 3.59. The van der Waals surface area contributed by atoms with Gasteiger partial charge in [0.15, 0.2) is 11.5 Å². The van der Waals surface area contributed by atoms with Gasteiger partial charge in [-0.3, -0.25) is 0 Å². The summed E-state index contributed by atoms with van der Waals surface area (Å²) in [5.74, 6) is 1.21. The third-order valence-electron chi connectivity index (χ3n) is 2.54. The van der Waals surface area contributed by atoms with Gasteiger partial charge in [-0.2, -0.15) is 0 Å². The molecule has 0 saturated carbocycles. The molecule has 0 bridgehead atoms. The molecular formula is C14H14O2S. The molecule has 17 heavy (non-hydrogen) atoms. The lowest BCUT2D eigenvalue weighted by Gasteiger charge is -2.12. The van der Waals surface area contributed by atoms with Crippen LogP contribution in [-0.2, 0) is 6.42 Å². The smallest absolute Gasteiger partial charge is 0.182 e. The van der Waals surface area contributed by atoms with Gasteiger partial charge in [-0.05, 0) is 30.2 Å². The van der Waals surface area contributed by atoms with Crippen molar-refractivity contribution in [2.45, 2.75) is 18.2 Å². The van der Waals surface area contributed by atoms with Crippen molar-refractivity contribution in [2.24, 2.45) is 0 Å². The van der Waals surface area contributed by atoms with E-state index in [1.165, 1.54) is 0 Å². The van der Waals surface area contributed by atoms with Gasteiger partial charge in [0.25, 0.3) is 0 Å². The molecule has 0 saturated heterocycles. The Balaban J connectivity index is 2.38. The first-order chi connectivity index (χ1) is 8.22. The largest absolute Gasteiger partial charge is 0.504 e. The number of hydrogen-bond donors (Lipinski definition) is 2. The fourth-order valence-electron chi connectivity index (χ4n) is 1.59. The predicted molar refractivity (Wildman–Crippen MR) is 71.3 cm³/mol. The molecule has 0 aliphatic carbocycles. The van der Waals surface area contributed by atoms with E-state index >= 15 is 0 Å². The van der Waals surface area contributed by atoms with Crippen molar-refractivity contribution < 1.29 is 9.84 Å². The quantitative estimate of drug-likeness (QED) is 0.800. The molecule has 2 rings (SSSR count). The first kappa shape index (κ1) is 11.9. The highest BCUT2D eigenvalue weighted by Crippen LogP contribution is 2.38. The standard InChI is InChI=1S/C14H14O2S/c1-2-10-8-9-12(15)13(14(10)17)16-11-6-4-3-5-7-11/h3-9,15,17H,2H2,1H3. The number of phenols is 1. The van der Waals surface area contributed by atoms with Gasteiger partial charge in [0.2, 0.25) is 0 Å². The Morgan fingerprint density at radius 1 is 1.12 bits per heavy atom. The number of thiol groups is 1. The van der Waals surface area contributed by atoms with Gasteiger partial charge in [0, 0.05) is 0 Å².